The molecule has 6 rings (SSSR count). The average Bonchev–Trinajstić information content (AvgIpc) is 3.20. The van der Waals surface area contributed by atoms with Gasteiger partial charge in [0.25, 0.3) is 0 Å². The van der Waals surface area contributed by atoms with Gasteiger partial charge in [-0.3, -0.25) is 19.3 Å². The summed E-state index contributed by atoms with van der Waals surface area (Å²) in [5, 5.41) is 55.2. The Hall–Kier alpha value is -6.56. The second-order valence-electron chi connectivity index (χ2n) is 13.4. The third-order valence-corrected chi connectivity index (χ3v) is 10.3. The number of anilines is 1. The molecule has 3 aromatic rings. The maximum absolute atomic E-state index is 14.7. The predicted molar refractivity (Wildman–Crippen MR) is 189 cm³/mol. The van der Waals surface area contributed by atoms with Gasteiger partial charge in [0, 0.05) is 43.9 Å². The Morgan fingerprint density at radius 3 is 2.19 bits per heavy atom. The number of benzene rings is 3. The third kappa shape index (κ3) is 7.99. The number of carboxylic acids is 1. The zero-order chi connectivity index (χ0) is 43.2. The lowest BCUT2D eigenvalue weighted by atomic mass is 9.72. The fourth-order valence-corrected chi connectivity index (χ4v) is 7.04. The van der Waals surface area contributed by atoms with Crippen LogP contribution in [0, 0.1) is 29.1 Å². The number of piperazine rings is 1. The van der Waals surface area contributed by atoms with Gasteiger partial charge in [0.15, 0.2) is 34.7 Å². The van der Waals surface area contributed by atoms with Crippen molar-refractivity contribution >= 4 is 60.2 Å². The zero-order valence-corrected chi connectivity index (χ0v) is 30.5. The van der Waals surface area contributed by atoms with E-state index in [1.54, 1.807) is 0 Å². The molecule has 3 aliphatic heterocycles. The largest absolute Gasteiger partial charge is 0.547 e. The number of carbonyl (C=O) groups excluding carboxylic acids is 5. The van der Waals surface area contributed by atoms with Crippen LogP contribution in [0.5, 0.6) is 23.0 Å². The highest BCUT2D eigenvalue weighted by Gasteiger charge is 2.44. The van der Waals surface area contributed by atoms with Gasteiger partial charge in [0.2, 0.25) is 11.7 Å². The second kappa shape index (κ2) is 16.4. The number of fused-ring (bicyclic) bond motifs is 1. The molecule has 7 amide bonds. The van der Waals surface area contributed by atoms with Gasteiger partial charge in [-0.15, -0.1) is 0 Å². The van der Waals surface area contributed by atoms with Crippen LogP contribution in [0.1, 0.15) is 40.4 Å². The number of carbonyl (C=O) groups is 6. The van der Waals surface area contributed by atoms with Crippen LogP contribution in [0.15, 0.2) is 24.3 Å². The number of nitrogens with one attached hydrogen (secondary N) is 3. The first-order chi connectivity index (χ1) is 27.8. The Balaban J connectivity index is 1.14. The van der Waals surface area contributed by atoms with Crippen LogP contribution in [0.2, 0.25) is 5.02 Å². The molecular formula is C34H29BClF5N6O12. The van der Waals surface area contributed by atoms with Crippen LogP contribution in [0.4, 0.5) is 37.2 Å². The minimum Gasteiger partial charge on any atom is -0.534 e. The number of amides is 7. The number of aromatic hydroxyl groups is 3. The number of imide groups is 1. The number of phenolic OH excluding ortho intramolecular Hbond substituents is 3. The number of likely N-dealkylation sites (tertiary alicyclic amines) is 1. The van der Waals surface area contributed by atoms with E-state index in [-0.39, 0.29) is 44.5 Å². The molecule has 8 N–H and O–H groups in total. The molecule has 59 heavy (non-hydrogen) atoms. The molecule has 0 saturated carbocycles. The summed E-state index contributed by atoms with van der Waals surface area (Å²) < 4.78 is 75.4. The monoisotopic (exact) mass is 854 g/mol. The summed E-state index contributed by atoms with van der Waals surface area (Å²) in [6, 6.07) is -2.40. The maximum Gasteiger partial charge on any atom is 0.547 e. The number of hydrogen-bond donors (Lipinski definition) is 8. The predicted octanol–water partition coefficient (Wildman–Crippen LogP) is 2.11. The van der Waals surface area contributed by atoms with E-state index in [0.29, 0.717) is 17.0 Å². The van der Waals surface area contributed by atoms with Gasteiger partial charge in [-0.25, -0.2) is 31.9 Å². The van der Waals surface area contributed by atoms with E-state index in [2.05, 4.69) is 10.6 Å². The van der Waals surface area contributed by atoms with E-state index in [1.807, 2.05) is 5.32 Å². The lowest BCUT2D eigenvalue weighted by molar-refractivity contribution is -0.156. The Morgan fingerprint density at radius 2 is 1.53 bits per heavy atom. The van der Waals surface area contributed by atoms with E-state index in [4.69, 9.17) is 16.3 Å². The van der Waals surface area contributed by atoms with Crippen LogP contribution < -0.4 is 20.6 Å². The van der Waals surface area contributed by atoms with Crippen LogP contribution >= 0.6 is 11.6 Å². The van der Waals surface area contributed by atoms with Crippen molar-refractivity contribution in [3.05, 3.63) is 75.1 Å². The van der Waals surface area contributed by atoms with Gasteiger partial charge >= 0.3 is 37.0 Å². The molecule has 18 nitrogen and oxygen atoms in total. The van der Waals surface area contributed by atoms with Crippen molar-refractivity contribution in [2.75, 3.05) is 31.5 Å². The summed E-state index contributed by atoms with van der Waals surface area (Å²) in [6.45, 7) is -0.882. The summed E-state index contributed by atoms with van der Waals surface area (Å²) in [6.07, 6.45) is -0.245. The fourth-order valence-electron chi connectivity index (χ4n) is 6.79. The first kappa shape index (κ1) is 42.1. The Bertz CT molecular complexity index is 2300. The molecule has 312 valence electrons. The van der Waals surface area contributed by atoms with Crippen molar-refractivity contribution in [1.82, 2.24) is 25.3 Å². The van der Waals surface area contributed by atoms with Crippen LogP contribution in [0.25, 0.3) is 0 Å². The van der Waals surface area contributed by atoms with Crippen molar-refractivity contribution < 1.29 is 80.8 Å². The van der Waals surface area contributed by atoms with Gasteiger partial charge in [-0.05, 0) is 37.0 Å². The van der Waals surface area contributed by atoms with Crippen molar-refractivity contribution in [3.63, 3.8) is 0 Å². The highest BCUT2D eigenvalue weighted by Crippen LogP contribution is 2.41. The molecule has 0 radical (unpaired) electrons. The molecule has 3 aromatic carbocycles. The van der Waals surface area contributed by atoms with Crippen LogP contribution in [-0.2, 0) is 20.8 Å². The highest BCUT2D eigenvalue weighted by atomic mass is 35.5. The lowest BCUT2D eigenvalue weighted by Gasteiger charge is -2.41. The summed E-state index contributed by atoms with van der Waals surface area (Å²) in [5.74, 6) is -19.5. The Kier molecular flexibility index (Phi) is 11.7. The molecule has 3 heterocycles. The number of piperidine rings is 1. The molecule has 3 aliphatic rings. The number of carboxylic acid groups (broad SMARTS) is 1. The number of hydrogen-bond acceptors (Lipinski definition) is 11. The van der Waals surface area contributed by atoms with E-state index in [1.165, 1.54) is 0 Å². The van der Waals surface area contributed by atoms with E-state index >= 15 is 0 Å². The Morgan fingerprint density at radius 1 is 0.847 bits per heavy atom. The number of aromatic carboxylic acids is 1. The van der Waals surface area contributed by atoms with Gasteiger partial charge in [-0.2, -0.15) is 4.39 Å². The standard InChI is InChI=1S/C34H29BClF5N6O12/c36-21-14(10-17(39)25(48)26(21)49)24(29(51)43-19-9-12-1-2-15(37)20(32(54)55)28(12)59-35(19)58)44-34(57)47-8-7-46(30(52)31(47)53)13-3-5-45(6-4-13)33(56)42-18-11-16(38)22(40)27(50)23(18)41/h1-2,10-11,13,19,24,48-50,58H,3-9H2,(H,42,56)(H,43,51)(H,44,57)(H,54,55)/t19-,24?/m0/s1. The van der Waals surface area contributed by atoms with Crippen LogP contribution in [-0.4, -0.2) is 121 Å². The molecule has 2 atom stereocenters. The Labute approximate surface area is 332 Å². The summed E-state index contributed by atoms with van der Waals surface area (Å²) >= 11 is 6.13. The first-order valence-electron chi connectivity index (χ1n) is 17.3. The van der Waals surface area contributed by atoms with Crippen molar-refractivity contribution in [2.24, 2.45) is 0 Å². The minimum absolute atomic E-state index is 0.0282. The third-order valence-electron chi connectivity index (χ3n) is 9.85. The number of urea groups is 2. The average molecular weight is 855 g/mol. The molecule has 2 fully saturated rings. The molecule has 0 bridgehead atoms. The van der Waals surface area contributed by atoms with E-state index in [0.717, 1.165) is 21.9 Å². The second-order valence-corrected chi connectivity index (χ2v) is 13.7. The summed E-state index contributed by atoms with van der Waals surface area (Å²) in [7, 11) is -2.02. The minimum atomic E-state index is -2.13. The molecule has 0 aliphatic carbocycles. The number of phenols is 3. The normalized spacial score (nSPS) is 17.6. The first-order valence-corrected chi connectivity index (χ1v) is 17.6. The molecule has 0 aromatic heterocycles. The van der Waals surface area contributed by atoms with Gasteiger partial charge in [0.1, 0.15) is 23.2 Å². The van der Waals surface area contributed by atoms with Gasteiger partial charge < -0.3 is 55.9 Å². The van der Waals surface area contributed by atoms with Gasteiger partial charge in [-0.1, -0.05) is 17.7 Å². The quantitative estimate of drug-likeness (QED) is 0.0559. The molecule has 2 saturated heterocycles. The number of rotatable bonds is 7. The molecular weight excluding hydrogens is 826 g/mol. The van der Waals surface area contributed by atoms with Crippen molar-refractivity contribution in [3.8, 4) is 23.0 Å². The molecule has 0 spiro atoms. The smallest absolute Gasteiger partial charge is 0.534 e. The topological polar surface area (TPSA) is 259 Å². The van der Waals surface area contributed by atoms with Crippen molar-refractivity contribution in [2.45, 2.75) is 37.3 Å². The molecule has 25 heteroatoms. The van der Waals surface area contributed by atoms with Gasteiger partial charge in [0.05, 0.1) is 16.7 Å². The van der Waals surface area contributed by atoms with E-state index < -0.39 is 141 Å². The maximum atomic E-state index is 14.7. The number of halogens is 6. The fraction of sp³-hybridized carbons (Fsp3) is 0.294. The molecule has 1 unspecified atom stereocenters. The summed E-state index contributed by atoms with van der Waals surface area (Å²) in [5.41, 5.74) is -2.38. The zero-order valence-electron chi connectivity index (χ0n) is 29.8. The van der Waals surface area contributed by atoms with Crippen LogP contribution in [0.3, 0.4) is 0 Å². The highest BCUT2D eigenvalue weighted by molar-refractivity contribution is 6.47. The SMILES string of the molecule is O=C(O)c1c(F)ccc2c1OB(O)[C@@H](NC(=O)C(NC(=O)N1CCN(C3CCN(C(=O)Nc4cc(F)c(F)c(O)c4F)CC3)C(=O)C1=O)c1cc(F)c(O)c(O)c1Cl)C2. The summed E-state index contributed by atoms with van der Waals surface area (Å²) in [4.78, 5) is 81.0. The van der Waals surface area contributed by atoms with E-state index in [9.17, 15) is 76.2 Å². The number of nitrogens with zero attached hydrogens (tertiary/aromatic N) is 3. The lowest BCUT2D eigenvalue weighted by Crippen LogP contribution is -2.62. The van der Waals surface area contributed by atoms with Crippen molar-refractivity contribution in [1.29, 1.82) is 0 Å².